The van der Waals surface area contributed by atoms with Crippen LogP contribution < -0.4 is 4.74 Å². The van der Waals surface area contributed by atoms with Crippen LogP contribution in [0.3, 0.4) is 0 Å². The summed E-state index contributed by atoms with van der Waals surface area (Å²) in [5, 5.41) is 1.09. The first-order chi connectivity index (χ1) is 10.8. The quantitative estimate of drug-likeness (QED) is 0.565. The molecule has 0 aliphatic rings. The Labute approximate surface area is 127 Å². The van der Waals surface area contributed by atoms with Crippen LogP contribution in [0.25, 0.3) is 28.0 Å². The van der Waals surface area contributed by atoms with Crippen LogP contribution >= 0.6 is 0 Å². The molecule has 0 aliphatic carbocycles. The number of hydrogen-bond donors (Lipinski definition) is 0. The van der Waals surface area contributed by atoms with Crippen LogP contribution in [-0.4, -0.2) is 16.7 Å². The summed E-state index contributed by atoms with van der Waals surface area (Å²) in [5.41, 5.74) is 2.81. The predicted molar refractivity (Wildman–Crippen MR) is 85.3 cm³/mol. The third-order valence-corrected chi connectivity index (χ3v) is 3.67. The molecule has 0 aliphatic heterocycles. The summed E-state index contributed by atoms with van der Waals surface area (Å²) >= 11 is 0. The highest BCUT2D eigenvalue weighted by Crippen LogP contribution is 2.32. The third kappa shape index (κ3) is 2.05. The molecule has 0 fully saturated rings. The summed E-state index contributed by atoms with van der Waals surface area (Å²) in [6.07, 6.45) is 5.38. The first kappa shape index (κ1) is 12.7. The fourth-order valence-corrected chi connectivity index (χ4v) is 2.57. The van der Waals surface area contributed by atoms with Gasteiger partial charge in [-0.2, -0.15) is 0 Å². The van der Waals surface area contributed by atoms with Gasteiger partial charge < -0.3 is 13.7 Å². The molecule has 2 aromatic heterocycles. The Bertz CT molecular complexity index is 890. The molecule has 4 aromatic rings. The van der Waals surface area contributed by atoms with E-state index >= 15 is 0 Å². The van der Waals surface area contributed by atoms with E-state index in [9.17, 15) is 0 Å². The summed E-state index contributed by atoms with van der Waals surface area (Å²) in [6, 6.07) is 16.0. The topological polar surface area (TPSA) is 40.2 Å². The second kappa shape index (κ2) is 5.07. The maximum atomic E-state index is 5.91. The van der Waals surface area contributed by atoms with E-state index in [1.807, 2.05) is 59.3 Å². The highest BCUT2D eigenvalue weighted by Gasteiger charge is 2.10. The van der Waals surface area contributed by atoms with Crippen LogP contribution in [0.4, 0.5) is 0 Å². The standard InChI is InChI=1S/C18H14N2O2/c1-21-18-11-14(6-7-15(18)20-9-8-19-12-20)17-10-13-4-2-3-5-16(13)22-17/h2-12H,1H3. The lowest BCUT2D eigenvalue weighted by molar-refractivity contribution is 0.413. The number of nitrogens with zero attached hydrogens (tertiary/aromatic N) is 2. The van der Waals surface area contributed by atoms with Gasteiger partial charge in [-0.1, -0.05) is 18.2 Å². The van der Waals surface area contributed by atoms with E-state index in [0.717, 1.165) is 33.7 Å². The molecule has 0 bridgehead atoms. The fraction of sp³-hybridized carbons (Fsp3) is 0.0556. The van der Waals surface area contributed by atoms with Crippen LogP contribution in [0.2, 0.25) is 0 Å². The zero-order valence-corrected chi connectivity index (χ0v) is 12.1. The maximum Gasteiger partial charge on any atom is 0.143 e. The minimum atomic E-state index is 0.774. The van der Waals surface area contributed by atoms with E-state index in [4.69, 9.17) is 9.15 Å². The molecule has 0 saturated heterocycles. The lowest BCUT2D eigenvalue weighted by Gasteiger charge is -2.10. The van der Waals surface area contributed by atoms with Gasteiger partial charge in [0.2, 0.25) is 0 Å². The third-order valence-electron chi connectivity index (χ3n) is 3.67. The molecule has 0 atom stereocenters. The summed E-state index contributed by atoms with van der Waals surface area (Å²) in [7, 11) is 1.66. The van der Waals surface area contributed by atoms with E-state index in [1.54, 1.807) is 19.6 Å². The fourth-order valence-electron chi connectivity index (χ4n) is 2.57. The average Bonchev–Trinajstić information content (AvgIpc) is 3.23. The minimum Gasteiger partial charge on any atom is -0.495 e. The van der Waals surface area contributed by atoms with E-state index in [2.05, 4.69) is 4.98 Å². The number of fused-ring (bicyclic) bond motifs is 1. The van der Waals surface area contributed by atoms with Gasteiger partial charge in [-0.25, -0.2) is 4.98 Å². The monoisotopic (exact) mass is 290 g/mol. The Hall–Kier alpha value is -3.01. The average molecular weight is 290 g/mol. The molecule has 2 aromatic carbocycles. The van der Waals surface area contributed by atoms with Gasteiger partial charge in [-0.05, 0) is 30.3 Å². The number of furan rings is 1. The van der Waals surface area contributed by atoms with Gasteiger partial charge in [0, 0.05) is 23.3 Å². The molecule has 4 heteroatoms. The zero-order valence-electron chi connectivity index (χ0n) is 12.1. The highest BCUT2D eigenvalue weighted by molar-refractivity contribution is 5.83. The van der Waals surface area contributed by atoms with Crippen molar-refractivity contribution in [2.45, 2.75) is 0 Å². The number of para-hydroxylation sites is 1. The Morgan fingerprint density at radius 2 is 2.00 bits per heavy atom. The molecule has 0 spiro atoms. The number of imidazole rings is 1. The molecular formula is C18H14N2O2. The number of hydrogen-bond acceptors (Lipinski definition) is 3. The van der Waals surface area contributed by atoms with Crippen LogP contribution in [-0.2, 0) is 0 Å². The van der Waals surface area contributed by atoms with Gasteiger partial charge in [0.1, 0.15) is 17.1 Å². The molecule has 0 saturated carbocycles. The number of benzene rings is 2. The molecule has 22 heavy (non-hydrogen) atoms. The zero-order chi connectivity index (χ0) is 14.9. The first-order valence-corrected chi connectivity index (χ1v) is 7.00. The largest absolute Gasteiger partial charge is 0.495 e. The minimum absolute atomic E-state index is 0.774. The van der Waals surface area contributed by atoms with E-state index < -0.39 is 0 Å². The Balaban J connectivity index is 1.82. The van der Waals surface area contributed by atoms with Crippen molar-refractivity contribution in [3.05, 3.63) is 67.3 Å². The van der Waals surface area contributed by atoms with Gasteiger partial charge in [-0.3, -0.25) is 0 Å². The van der Waals surface area contributed by atoms with Crippen molar-refractivity contribution in [2.24, 2.45) is 0 Å². The molecule has 0 radical (unpaired) electrons. The van der Waals surface area contributed by atoms with E-state index in [1.165, 1.54) is 0 Å². The summed E-state index contributed by atoms with van der Waals surface area (Å²) in [6.45, 7) is 0. The normalized spacial score (nSPS) is 11.0. The Morgan fingerprint density at radius 3 is 2.77 bits per heavy atom. The van der Waals surface area contributed by atoms with E-state index in [0.29, 0.717) is 0 Å². The number of methoxy groups -OCH3 is 1. The second-order valence-corrected chi connectivity index (χ2v) is 5.01. The molecule has 4 nitrogen and oxygen atoms in total. The van der Waals surface area contributed by atoms with Crippen molar-refractivity contribution < 1.29 is 9.15 Å². The Morgan fingerprint density at radius 1 is 1.09 bits per heavy atom. The molecule has 4 rings (SSSR count). The summed E-state index contributed by atoms with van der Waals surface area (Å²) in [4.78, 5) is 4.07. The number of rotatable bonds is 3. The van der Waals surface area contributed by atoms with Crippen molar-refractivity contribution in [2.75, 3.05) is 7.11 Å². The van der Waals surface area contributed by atoms with Gasteiger partial charge in [0.05, 0.1) is 19.1 Å². The summed E-state index contributed by atoms with van der Waals surface area (Å²) < 4.78 is 13.3. The number of aromatic nitrogens is 2. The van der Waals surface area contributed by atoms with Crippen molar-refractivity contribution in [3.63, 3.8) is 0 Å². The molecular weight excluding hydrogens is 276 g/mol. The molecule has 108 valence electrons. The molecule has 0 unspecified atom stereocenters. The van der Waals surface area contributed by atoms with Crippen LogP contribution in [0.1, 0.15) is 0 Å². The van der Waals surface area contributed by atoms with Gasteiger partial charge >= 0.3 is 0 Å². The SMILES string of the molecule is COc1cc(-c2cc3ccccc3o2)ccc1-n1ccnc1. The van der Waals surface area contributed by atoms with Crippen molar-refractivity contribution in [3.8, 4) is 22.8 Å². The Kier molecular flexibility index (Phi) is 2.93. The number of ether oxygens (including phenoxy) is 1. The van der Waals surface area contributed by atoms with E-state index in [-0.39, 0.29) is 0 Å². The van der Waals surface area contributed by atoms with Gasteiger partial charge in [-0.15, -0.1) is 0 Å². The van der Waals surface area contributed by atoms with Crippen LogP contribution in [0, 0.1) is 0 Å². The summed E-state index contributed by atoms with van der Waals surface area (Å²) in [5.74, 6) is 1.60. The molecule has 0 amide bonds. The maximum absolute atomic E-state index is 5.91. The van der Waals surface area contributed by atoms with Crippen LogP contribution in [0.5, 0.6) is 5.75 Å². The first-order valence-electron chi connectivity index (χ1n) is 7.00. The molecule has 2 heterocycles. The van der Waals surface area contributed by atoms with Gasteiger partial charge in [0.25, 0.3) is 0 Å². The second-order valence-electron chi connectivity index (χ2n) is 5.01. The lowest BCUT2D eigenvalue weighted by Crippen LogP contribution is -1.95. The van der Waals surface area contributed by atoms with Crippen molar-refractivity contribution in [1.82, 2.24) is 9.55 Å². The smallest absolute Gasteiger partial charge is 0.143 e. The van der Waals surface area contributed by atoms with Gasteiger partial charge in [0.15, 0.2) is 0 Å². The van der Waals surface area contributed by atoms with Crippen molar-refractivity contribution >= 4 is 11.0 Å². The predicted octanol–water partition coefficient (Wildman–Crippen LogP) is 4.29. The lowest BCUT2D eigenvalue weighted by atomic mass is 10.1. The highest BCUT2D eigenvalue weighted by atomic mass is 16.5. The molecule has 0 N–H and O–H groups in total. The van der Waals surface area contributed by atoms with Crippen LogP contribution in [0.15, 0.2) is 71.7 Å². The van der Waals surface area contributed by atoms with Crippen molar-refractivity contribution in [1.29, 1.82) is 0 Å².